The molecule has 21 heavy (non-hydrogen) atoms. The third kappa shape index (κ3) is 4.03. The summed E-state index contributed by atoms with van der Waals surface area (Å²) in [5.74, 6) is 4.37. The number of aliphatic hydroxyl groups is 1. The molecule has 1 aromatic carbocycles. The van der Waals surface area contributed by atoms with Gasteiger partial charge in [0.1, 0.15) is 12.4 Å². The Morgan fingerprint density at radius 3 is 3.05 bits per heavy atom. The van der Waals surface area contributed by atoms with E-state index in [9.17, 15) is 9.18 Å². The van der Waals surface area contributed by atoms with Gasteiger partial charge in [-0.15, -0.1) is 0 Å². The fourth-order valence-corrected chi connectivity index (χ4v) is 2.32. The summed E-state index contributed by atoms with van der Waals surface area (Å²) in [6.07, 6.45) is 2.01. The van der Waals surface area contributed by atoms with Gasteiger partial charge >= 0.3 is 0 Å². The minimum atomic E-state index is -0.462. The zero-order chi connectivity index (χ0) is 15.2. The SMILES string of the molecule is CN(CC1CCCO1)C(=O)c1ccc(F)cc1C#CCO. The maximum Gasteiger partial charge on any atom is 0.254 e. The van der Waals surface area contributed by atoms with Crippen LogP contribution in [0.15, 0.2) is 18.2 Å². The molecule has 0 aromatic heterocycles. The highest BCUT2D eigenvalue weighted by atomic mass is 19.1. The number of ether oxygens (including phenoxy) is 1. The molecule has 1 atom stereocenters. The molecular weight excluding hydrogens is 273 g/mol. The second-order valence-corrected chi connectivity index (χ2v) is 4.97. The Morgan fingerprint density at radius 2 is 2.38 bits per heavy atom. The summed E-state index contributed by atoms with van der Waals surface area (Å²) in [7, 11) is 1.69. The average molecular weight is 291 g/mol. The zero-order valence-corrected chi connectivity index (χ0v) is 11.9. The first-order valence-electron chi connectivity index (χ1n) is 6.88. The maximum atomic E-state index is 13.3. The Kier molecular flexibility index (Phi) is 5.32. The van der Waals surface area contributed by atoms with Crippen molar-refractivity contribution in [2.24, 2.45) is 0 Å². The summed E-state index contributed by atoms with van der Waals surface area (Å²) in [6.45, 7) is 0.898. The number of hydrogen-bond acceptors (Lipinski definition) is 3. The molecule has 0 spiro atoms. The molecule has 4 nitrogen and oxygen atoms in total. The van der Waals surface area contributed by atoms with E-state index in [0.717, 1.165) is 19.4 Å². The van der Waals surface area contributed by atoms with Crippen molar-refractivity contribution in [3.05, 3.63) is 35.1 Å². The summed E-state index contributed by atoms with van der Waals surface area (Å²) in [5, 5.41) is 8.75. The number of rotatable bonds is 3. The van der Waals surface area contributed by atoms with Gasteiger partial charge in [-0.3, -0.25) is 4.79 Å². The van der Waals surface area contributed by atoms with E-state index in [1.165, 1.54) is 18.2 Å². The number of likely N-dealkylation sites (N-methyl/N-ethyl adjacent to an activating group) is 1. The van der Waals surface area contributed by atoms with Crippen LogP contribution in [-0.4, -0.2) is 48.8 Å². The fraction of sp³-hybridized carbons (Fsp3) is 0.438. The van der Waals surface area contributed by atoms with Crippen LogP contribution in [0.1, 0.15) is 28.8 Å². The van der Waals surface area contributed by atoms with Crippen LogP contribution in [-0.2, 0) is 4.74 Å². The molecule has 1 aromatic rings. The van der Waals surface area contributed by atoms with Gasteiger partial charge in [0.05, 0.1) is 11.7 Å². The van der Waals surface area contributed by atoms with Crippen molar-refractivity contribution >= 4 is 5.91 Å². The smallest absolute Gasteiger partial charge is 0.254 e. The fourth-order valence-electron chi connectivity index (χ4n) is 2.32. The van der Waals surface area contributed by atoms with Gasteiger partial charge in [0.15, 0.2) is 0 Å². The van der Waals surface area contributed by atoms with Crippen LogP contribution in [0, 0.1) is 17.7 Å². The predicted molar refractivity (Wildman–Crippen MR) is 76.3 cm³/mol. The number of carbonyl (C=O) groups is 1. The minimum absolute atomic E-state index is 0.0615. The molecule has 2 rings (SSSR count). The summed E-state index contributed by atoms with van der Waals surface area (Å²) in [6, 6.07) is 3.86. The highest BCUT2D eigenvalue weighted by Gasteiger charge is 2.22. The van der Waals surface area contributed by atoms with Crippen molar-refractivity contribution in [2.45, 2.75) is 18.9 Å². The maximum absolute atomic E-state index is 13.3. The molecule has 1 unspecified atom stereocenters. The lowest BCUT2D eigenvalue weighted by Crippen LogP contribution is -2.34. The molecule has 1 heterocycles. The van der Waals surface area contributed by atoms with Crippen LogP contribution in [0.4, 0.5) is 4.39 Å². The zero-order valence-electron chi connectivity index (χ0n) is 11.9. The first-order chi connectivity index (χ1) is 10.1. The molecule has 5 heteroatoms. The quantitative estimate of drug-likeness (QED) is 0.857. The van der Waals surface area contributed by atoms with Crippen molar-refractivity contribution < 1.29 is 19.0 Å². The van der Waals surface area contributed by atoms with Gasteiger partial charge in [-0.05, 0) is 31.0 Å². The standard InChI is InChI=1S/C16H18FNO3/c1-18(11-14-5-3-9-21-14)16(20)15-7-6-13(17)10-12(15)4-2-8-19/h6-7,10,14,19H,3,5,8-9,11H2,1H3. The van der Waals surface area contributed by atoms with E-state index in [1.807, 2.05) is 0 Å². The number of halogens is 1. The molecule has 0 radical (unpaired) electrons. The van der Waals surface area contributed by atoms with Crippen LogP contribution < -0.4 is 0 Å². The Hall–Kier alpha value is -1.90. The van der Waals surface area contributed by atoms with E-state index in [0.29, 0.717) is 12.1 Å². The van der Waals surface area contributed by atoms with E-state index < -0.39 is 5.82 Å². The highest BCUT2D eigenvalue weighted by Crippen LogP contribution is 2.16. The Morgan fingerprint density at radius 1 is 1.57 bits per heavy atom. The normalized spacial score (nSPS) is 17.2. The van der Waals surface area contributed by atoms with Crippen molar-refractivity contribution in [1.82, 2.24) is 4.90 Å². The van der Waals surface area contributed by atoms with Crippen LogP contribution in [0.2, 0.25) is 0 Å². The number of nitrogens with zero attached hydrogens (tertiary/aromatic N) is 1. The molecule has 0 aliphatic carbocycles. The summed E-state index contributed by atoms with van der Waals surface area (Å²) < 4.78 is 18.8. The van der Waals surface area contributed by atoms with E-state index in [4.69, 9.17) is 9.84 Å². The summed E-state index contributed by atoms with van der Waals surface area (Å²) in [5.41, 5.74) is 0.617. The number of benzene rings is 1. The predicted octanol–water partition coefficient (Wildman–Crippen LogP) is 1.42. The monoisotopic (exact) mass is 291 g/mol. The second kappa shape index (κ2) is 7.21. The topological polar surface area (TPSA) is 49.8 Å². The molecule has 112 valence electrons. The molecule has 1 fully saturated rings. The van der Waals surface area contributed by atoms with Crippen molar-refractivity contribution in [1.29, 1.82) is 0 Å². The molecule has 0 bridgehead atoms. The van der Waals surface area contributed by atoms with Gasteiger partial charge in [-0.25, -0.2) is 4.39 Å². The summed E-state index contributed by atoms with van der Waals surface area (Å²) >= 11 is 0. The van der Waals surface area contributed by atoms with Gasteiger partial charge < -0.3 is 14.7 Å². The van der Waals surface area contributed by atoms with E-state index in [-0.39, 0.29) is 24.2 Å². The molecular formula is C16H18FNO3. The van der Waals surface area contributed by atoms with Crippen LogP contribution in [0.3, 0.4) is 0 Å². The Bertz CT molecular complexity index is 571. The number of hydrogen-bond donors (Lipinski definition) is 1. The first kappa shape index (κ1) is 15.5. The molecule has 1 aliphatic heterocycles. The number of amides is 1. The Labute approximate surface area is 123 Å². The minimum Gasteiger partial charge on any atom is -0.384 e. The van der Waals surface area contributed by atoms with Crippen molar-refractivity contribution in [2.75, 3.05) is 26.8 Å². The lowest BCUT2D eigenvalue weighted by Gasteiger charge is -2.21. The van der Waals surface area contributed by atoms with Crippen LogP contribution >= 0.6 is 0 Å². The van der Waals surface area contributed by atoms with E-state index in [1.54, 1.807) is 11.9 Å². The number of aliphatic hydroxyl groups excluding tert-OH is 1. The largest absolute Gasteiger partial charge is 0.384 e. The van der Waals surface area contributed by atoms with Gasteiger partial charge in [0.2, 0.25) is 0 Å². The molecule has 1 saturated heterocycles. The van der Waals surface area contributed by atoms with Crippen molar-refractivity contribution in [3.63, 3.8) is 0 Å². The van der Waals surface area contributed by atoms with E-state index in [2.05, 4.69) is 11.8 Å². The molecule has 1 aliphatic rings. The Balaban J connectivity index is 2.17. The summed E-state index contributed by atoms with van der Waals surface area (Å²) in [4.78, 5) is 14.0. The lowest BCUT2D eigenvalue weighted by molar-refractivity contribution is 0.0587. The third-order valence-electron chi connectivity index (χ3n) is 3.36. The molecule has 1 N–H and O–H groups in total. The van der Waals surface area contributed by atoms with Crippen molar-refractivity contribution in [3.8, 4) is 11.8 Å². The lowest BCUT2D eigenvalue weighted by atomic mass is 10.1. The van der Waals surface area contributed by atoms with E-state index >= 15 is 0 Å². The molecule has 1 amide bonds. The van der Waals surface area contributed by atoms with Crippen LogP contribution in [0.5, 0.6) is 0 Å². The highest BCUT2D eigenvalue weighted by molar-refractivity contribution is 5.96. The molecule has 0 saturated carbocycles. The average Bonchev–Trinajstić information content (AvgIpc) is 2.97. The second-order valence-electron chi connectivity index (χ2n) is 4.97. The van der Waals surface area contributed by atoms with Crippen LogP contribution in [0.25, 0.3) is 0 Å². The van der Waals surface area contributed by atoms with Gasteiger partial charge in [-0.1, -0.05) is 11.8 Å². The van der Waals surface area contributed by atoms with Gasteiger partial charge in [-0.2, -0.15) is 0 Å². The van der Waals surface area contributed by atoms with Gasteiger partial charge in [0, 0.05) is 25.8 Å². The first-order valence-corrected chi connectivity index (χ1v) is 6.88. The number of carbonyl (C=O) groups excluding carboxylic acids is 1. The van der Waals surface area contributed by atoms with Gasteiger partial charge in [0.25, 0.3) is 5.91 Å². The third-order valence-corrected chi connectivity index (χ3v) is 3.36.